The van der Waals surface area contributed by atoms with Crippen LogP contribution in [0.4, 0.5) is 0 Å². The molecular weight excluding hydrogens is 488 g/mol. The van der Waals surface area contributed by atoms with E-state index in [1.807, 2.05) is 0 Å². The van der Waals surface area contributed by atoms with Crippen molar-refractivity contribution in [3.63, 3.8) is 0 Å². The number of allylic oxidation sites excluding steroid dienone is 2. The van der Waals surface area contributed by atoms with E-state index in [0.717, 1.165) is 0 Å². The standard InChI is InChI=1S/C22H25BrO9/c1-11-7-15(24)8-12(2)22(11,27)21(26)32-18-14(4)13(3)16(20(25)31-10-29-6)19(17(18)23)30-9-28-5/h7-8,27H,9-10H2,1-6H3. The molecular formula is C22H25BrO9. The monoisotopic (exact) mass is 512 g/mol. The Labute approximate surface area is 194 Å². The molecule has 1 aromatic carbocycles. The van der Waals surface area contributed by atoms with Gasteiger partial charge in [0, 0.05) is 14.2 Å². The Hall–Kier alpha value is -2.53. The lowest BCUT2D eigenvalue weighted by molar-refractivity contribution is -0.148. The minimum Gasteiger partial charge on any atom is -0.465 e. The second kappa shape index (κ2) is 10.4. The number of ketones is 1. The Kier molecular flexibility index (Phi) is 8.35. The van der Waals surface area contributed by atoms with Crippen LogP contribution in [0.25, 0.3) is 0 Å². The summed E-state index contributed by atoms with van der Waals surface area (Å²) in [5.74, 6) is -1.99. The average Bonchev–Trinajstić information content (AvgIpc) is 2.74. The highest BCUT2D eigenvalue weighted by molar-refractivity contribution is 9.10. The van der Waals surface area contributed by atoms with E-state index in [9.17, 15) is 19.5 Å². The Morgan fingerprint density at radius 1 is 0.969 bits per heavy atom. The first-order valence-corrected chi connectivity index (χ1v) is 10.3. The molecule has 0 spiro atoms. The first-order chi connectivity index (χ1) is 15.0. The van der Waals surface area contributed by atoms with Crippen molar-refractivity contribution in [1.29, 1.82) is 0 Å². The first-order valence-electron chi connectivity index (χ1n) is 9.47. The fraction of sp³-hybridized carbons (Fsp3) is 0.409. The number of hydrogen-bond acceptors (Lipinski definition) is 9. The molecule has 0 amide bonds. The fourth-order valence-corrected chi connectivity index (χ4v) is 3.88. The molecule has 0 bridgehead atoms. The van der Waals surface area contributed by atoms with Crippen molar-refractivity contribution >= 4 is 33.7 Å². The SMILES string of the molecule is COCOC(=O)c1c(C)c(C)c(OC(=O)C2(O)C(C)=CC(=O)C=C2C)c(Br)c1OCOC. The van der Waals surface area contributed by atoms with E-state index in [0.29, 0.717) is 11.1 Å². The largest absolute Gasteiger partial charge is 0.465 e. The molecule has 1 N–H and O–H groups in total. The minimum absolute atomic E-state index is 0.0317. The van der Waals surface area contributed by atoms with Crippen molar-refractivity contribution in [3.8, 4) is 11.5 Å². The lowest BCUT2D eigenvalue weighted by Gasteiger charge is -2.30. The molecule has 0 radical (unpaired) electrons. The van der Waals surface area contributed by atoms with Crippen molar-refractivity contribution in [1.82, 2.24) is 0 Å². The van der Waals surface area contributed by atoms with Crippen LogP contribution in [0, 0.1) is 13.8 Å². The third-order valence-corrected chi connectivity index (χ3v) is 5.81. The average molecular weight is 513 g/mol. The zero-order valence-corrected chi connectivity index (χ0v) is 20.2. The Morgan fingerprint density at radius 3 is 2.06 bits per heavy atom. The molecule has 0 atom stereocenters. The number of hydrogen-bond donors (Lipinski definition) is 1. The molecule has 0 aromatic heterocycles. The van der Waals surface area contributed by atoms with Gasteiger partial charge in [0.2, 0.25) is 5.60 Å². The van der Waals surface area contributed by atoms with Gasteiger partial charge >= 0.3 is 11.9 Å². The lowest BCUT2D eigenvalue weighted by atomic mass is 9.82. The molecule has 0 fully saturated rings. The normalized spacial score (nSPS) is 15.1. The third-order valence-electron chi connectivity index (χ3n) is 5.09. The van der Waals surface area contributed by atoms with Gasteiger partial charge < -0.3 is 28.8 Å². The van der Waals surface area contributed by atoms with Crippen LogP contribution in [-0.2, 0) is 23.8 Å². The molecule has 1 aromatic rings. The molecule has 32 heavy (non-hydrogen) atoms. The maximum Gasteiger partial charge on any atom is 0.352 e. The summed E-state index contributed by atoms with van der Waals surface area (Å²) in [6, 6.07) is 0. The molecule has 1 aliphatic carbocycles. The summed E-state index contributed by atoms with van der Waals surface area (Å²) >= 11 is 3.33. The number of rotatable bonds is 8. The van der Waals surface area contributed by atoms with Crippen molar-refractivity contribution in [2.75, 3.05) is 27.8 Å². The summed E-state index contributed by atoms with van der Waals surface area (Å²) in [4.78, 5) is 37.4. The highest BCUT2D eigenvalue weighted by Crippen LogP contribution is 2.44. The van der Waals surface area contributed by atoms with Crippen LogP contribution < -0.4 is 9.47 Å². The fourth-order valence-electron chi connectivity index (χ4n) is 3.19. The van der Waals surface area contributed by atoms with E-state index in [4.69, 9.17) is 23.7 Å². The van der Waals surface area contributed by atoms with E-state index in [-0.39, 0.29) is 52.1 Å². The predicted molar refractivity (Wildman–Crippen MR) is 117 cm³/mol. The summed E-state index contributed by atoms with van der Waals surface area (Å²) in [5.41, 5.74) is -0.900. The second-order valence-corrected chi connectivity index (χ2v) is 7.94. The van der Waals surface area contributed by atoms with Gasteiger partial charge in [0.1, 0.15) is 10.0 Å². The molecule has 0 saturated heterocycles. The molecule has 0 saturated carbocycles. The first kappa shape index (κ1) is 25.7. The van der Waals surface area contributed by atoms with Gasteiger partial charge in [-0.3, -0.25) is 4.79 Å². The number of carbonyl (C=O) groups is 3. The van der Waals surface area contributed by atoms with Crippen molar-refractivity contribution in [2.45, 2.75) is 33.3 Å². The van der Waals surface area contributed by atoms with Crippen LogP contribution in [0.1, 0.15) is 35.3 Å². The molecule has 9 nitrogen and oxygen atoms in total. The number of halogens is 1. The molecule has 10 heteroatoms. The maximum atomic E-state index is 13.1. The second-order valence-electron chi connectivity index (χ2n) is 7.14. The quantitative estimate of drug-likeness (QED) is 0.318. The van der Waals surface area contributed by atoms with E-state index >= 15 is 0 Å². The summed E-state index contributed by atoms with van der Waals surface area (Å²) in [7, 11) is 2.78. The number of esters is 2. The van der Waals surface area contributed by atoms with E-state index in [2.05, 4.69) is 15.9 Å². The zero-order chi connectivity index (χ0) is 24.2. The summed E-state index contributed by atoms with van der Waals surface area (Å²) in [6.07, 6.45) is 2.34. The number of aliphatic hydroxyl groups is 1. The predicted octanol–water partition coefficient (Wildman–Crippen LogP) is 2.92. The molecule has 0 aliphatic heterocycles. The third kappa shape index (κ3) is 4.78. The summed E-state index contributed by atoms with van der Waals surface area (Å²) < 4.78 is 26.1. The van der Waals surface area contributed by atoms with Crippen molar-refractivity contribution in [3.05, 3.63) is 44.5 Å². The molecule has 0 heterocycles. The van der Waals surface area contributed by atoms with Gasteiger partial charge in [-0.25, -0.2) is 9.59 Å². The van der Waals surface area contributed by atoms with Gasteiger partial charge in [-0.2, -0.15) is 0 Å². The van der Waals surface area contributed by atoms with Crippen LogP contribution in [0.2, 0.25) is 0 Å². The van der Waals surface area contributed by atoms with Gasteiger partial charge in [-0.05, 0) is 78.1 Å². The van der Waals surface area contributed by atoms with E-state index in [1.54, 1.807) is 13.8 Å². The van der Waals surface area contributed by atoms with Crippen LogP contribution in [-0.4, -0.2) is 56.2 Å². The number of ether oxygens (including phenoxy) is 5. The summed E-state index contributed by atoms with van der Waals surface area (Å²) in [6.45, 7) is 5.73. The van der Waals surface area contributed by atoms with E-state index < -0.39 is 17.5 Å². The zero-order valence-electron chi connectivity index (χ0n) is 18.7. The highest BCUT2D eigenvalue weighted by atomic mass is 79.9. The van der Waals surface area contributed by atoms with Crippen molar-refractivity contribution in [2.24, 2.45) is 0 Å². The molecule has 2 rings (SSSR count). The molecule has 0 unspecified atom stereocenters. The van der Waals surface area contributed by atoms with Gasteiger partial charge in [0.15, 0.2) is 30.9 Å². The topological polar surface area (TPSA) is 118 Å². The number of carbonyl (C=O) groups excluding carboxylic acids is 3. The number of methoxy groups -OCH3 is 2. The highest BCUT2D eigenvalue weighted by Gasteiger charge is 2.44. The molecule has 174 valence electrons. The summed E-state index contributed by atoms with van der Waals surface area (Å²) in [5, 5.41) is 11.0. The minimum atomic E-state index is -2.11. The maximum absolute atomic E-state index is 13.1. The van der Waals surface area contributed by atoms with Crippen molar-refractivity contribution < 1.29 is 43.2 Å². The molecule has 1 aliphatic rings. The van der Waals surface area contributed by atoms with Crippen LogP contribution in [0.5, 0.6) is 11.5 Å². The van der Waals surface area contributed by atoms with Crippen LogP contribution in [0.15, 0.2) is 27.8 Å². The Bertz CT molecular complexity index is 985. The van der Waals surface area contributed by atoms with Gasteiger partial charge in [0.25, 0.3) is 0 Å². The van der Waals surface area contributed by atoms with Crippen LogP contribution >= 0.6 is 15.9 Å². The Balaban J connectivity index is 2.57. The van der Waals surface area contributed by atoms with Gasteiger partial charge in [-0.15, -0.1) is 0 Å². The Morgan fingerprint density at radius 2 is 1.53 bits per heavy atom. The lowest BCUT2D eigenvalue weighted by Crippen LogP contribution is -2.46. The van der Waals surface area contributed by atoms with Crippen LogP contribution in [0.3, 0.4) is 0 Å². The van der Waals surface area contributed by atoms with Gasteiger partial charge in [-0.1, -0.05) is 0 Å². The van der Waals surface area contributed by atoms with Gasteiger partial charge in [0.05, 0.1) is 0 Å². The number of benzene rings is 1. The smallest absolute Gasteiger partial charge is 0.352 e. The van der Waals surface area contributed by atoms with E-state index in [1.165, 1.54) is 40.2 Å².